The van der Waals surface area contributed by atoms with Gasteiger partial charge in [0.05, 0.1) is 18.5 Å². The number of amides is 1. The molecule has 0 saturated carbocycles. The Morgan fingerprint density at radius 3 is 2.42 bits per heavy atom. The average Bonchev–Trinajstić information content (AvgIpc) is 3.20. The number of benzene rings is 2. The summed E-state index contributed by atoms with van der Waals surface area (Å²) in [5.74, 6) is 0.0311. The van der Waals surface area contributed by atoms with Crippen molar-refractivity contribution in [3.05, 3.63) is 58.9 Å². The molecule has 0 atom stereocenters. The number of aromatic nitrogens is 2. The number of aryl methyl sites for hydroxylation is 2. The van der Waals surface area contributed by atoms with Gasteiger partial charge in [0.1, 0.15) is 10.6 Å². The van der Waals surface area contributed by atoms with Crippen LogP contribution in [-0.4, -0.2) is 31.2 Å². The van der Waals surface area contributed by atoms with Crippen LogP contribution in [-0.2, 0) is 21.9 Å². The number of allylic oxidation sites excluding steroid dienone is 1. The van der Waals surface area contributed by atoms with Gasteiger partial charge in [-0.3, -0.25) is 14.2 Å². The number of rotatable bonds is 5. The van der Waals surface area contributed by atoms with E-state index in [-0.39, 0.29) is 16.6 Å². The van der Waals surface area contributed by atoms with Gasteiger partial charge in [-0.05, 0) is 52.0 Å². The minimum absolute atomic E-state index is 0.0234. The molecule has 3 aromatic rings. The second-order valence-corrected chi connectivity index (χ2v) is 9.85. The summed E-state index contributed by atoms with van der Waals surface area (Å²) in [6.07, 6.45) is 0. The number of sulfonamides is 1. The van der Waals surface area contributed by atoms with Crippen LogP contribution in [0.4, 0.5) is 11.4 Å². The molecule has 0 aliphatic carbocycles. The second-order valence-electron chi connectivity index (χ2n) is 8.20. The van der Waals surface area contributed by atoms with Gasteiger partial charge >= 0.3 is 0 Å². The molecule has 0 saturated heterocycles. The molecule has 1 aromatic heterocycles. The maximum atomic E-state index is 13.4. The summed E-state index contributed by atoms with van der Waals surface area (Å²) in [6.45, 7) is 7.49. The van der Waals surface area contributed by atoms with Crippen molar-refractivity contribution < 1.29 is 17.9 Å². The lowest BCUT2D eigenvalue weighted by Crippen LogP contribution is -2.15. The lowest BCUT2D eigenvalue weighted by atomic mass is 9.96. The molecule has 4 rings (SSSR count). The van der Waals surface area contributed by atoms with Crippen LogP contribution in [0.3, 0.4) is 0 Å². The Morgan fingerprint density at radius 2 is 1.82 bits per heavy atom. The summed E-state index contributed by atoms with van der Waals surface area (Å²) in [5.41, 5.74) is 6.07. The van der Waals surface area contributed by atoms with Crippen molar-refractivity contribution in [2.24, 2.45) is 7.05 Å². The Labute approximate surface area is 193 Å². The first kappa shape index (κ1) is 22.6. The molecule has 33 heavy (non-hydrogen) atoms. The molecule has 0 unspecified atom stereocenters. The number of nitrogens with zero attached hydrogens (tertiary/aromatic N) is 2. The van der Waals surface area contributed by atoms with E-state index < -0.39 is 10.0 Å². The number of hydrogen-bond donors (Lipinski definition) is 2. The highest BCUT2D eigenvalue weighted by atomic mass is 32.2. The quantitative estimate of drug-likeness (QED) is 0.547. The molecule has 0 radical (unpaired) electrons. The van der Waals surface area contributed by atoms with Crippen molar-refractivity contribution in [1.82, 2.24) is 9.78 Å². The van der Waals surface area contributed by atoms with Gasteiger partial charge < -0.3 is 10.1 Å². The summed E-state index contributed by atoms with van der Waals surface area (Å²) in [5, 5.41) is 7.39. The van der Waals surface area contributed by atoms with Crippen molar-refractivity contribution in [2.75, 3.05) is 17.1 Å². The first-order chi connectivity index (χ1) is 15.5. The Bertz CT molecular complexity index is 1430. The fourth-order valence-electron chi connectivity index (χ4n) is 4.21. The van der Waals surface area contributed by atoms with E-state index in [9.17, 15) is 13.2 Å². The number of nitrogens with one attached hydrogen (secondary N) is 2. The highest BCUT2D eigenvalue weighted by molar-refractivity contribution is 7.92. The van der Waals surface area contributed by atoms with E-state index in [0.717, 1.165) is 22.5 Å². The SMILES string of the molecule is COc1ccccc1S(=O)(=O)Nc1cc2c(cc1-c1c(C)nn(C)c1C)NC(=O)C2=C(C)C. The van der Waals surface area contributed by atoms with E-state index in [1.54, 1.807) is 35.0 Å². The predicted molar refractivity (Wildman–Crippen MR) is 129 cm³/mol. The lowest BCUT2D eigenvalue weighted by Gasteiger charge is -2.17. The molecule has 1 aliphatic rings. The zero-order chi connectivity index (χ0) is 24.1. The standard InChI is InChI=1S/C24H26N4O4S/c1-13(2)22-16-12-19(27-33(30,31)21-10-8-7-9-20(21)32-6)17(11-18(16)25-24(22)29)23-14(3)26-28(5)15(23)4/h7-12,27H,1-6H3,(H,25,29). The van der Waals surface area contributed by atoms with Crippen molar-refractivity contribution >= 4 is 32.9 Å². The monoisotopic (exact) mass is 466 g/mol. The highest BCUT2D eigenvalue weighted by Crippen LogP contribution is 2.43. The second kappa shape index (κ2) is 8.08. The number of methoxy groups -OCH3 is 1. The Hall–Kier alpha value is -3.59. The van der Waals surface area contributed by atoms with Crippen molar-refractivity contribution in [3.8, 4) is 16.9 Å². The molecule has 9 heteroatoms. The molecular weight excluding hydrogens is 440 g/mol. The fraction of sp³-hybridized carbons (Fsp3) is 0.250. The molecule has 2 aromatic carbocycles. The maximum absolute atomic E-state index is 13.4. The van der Waals surface area contributed by atoms with E-state index >= 15 is 0 Å². The van der Waals surface area contributed by atoms with Crippen LogP contribution in [0.15, 0.2) is 46.9 Å². The smallest absolute Gasteiger partial charge is 0.265 e. The van der Waals surface area contributed by atoms with Crippen LogP contribution >= 0.6 is 0 Å². The topological polar surface area (TPSA) is 102 Å². The summed E-state index contributed by atoms with van der Waals surface area (Å²) in [7, 11) is -0.737. The Kier molecular flexibility index (Phi) is 5.53. The minimum Gasteiger partial charge on any atom is -0.495 e. The molecule has 172 valence electrons. The lowest BCUT2D eigenvalue weighted by molar-refractivity contribution is -0.110. The van der Waals surface area contributed by atoms with Gasteiger partial charge in [0.2, 0.25) is 0 Å². The number of ether oxygens (including phenoxy) is 1. The zero-order valence-corrected chi connectivity index (χ0v) is 20.2. The highest BCUT2D eigenvalue weighted by Gasteiger charge is 2.30. The van der Waals surface area contributed by atoms with Gasteiger partial charge in [-0.25, -0.2) is 8.42 Å². The number of anilines is 2. The third-order valence-corrected chi connectivity index (χ3v) is 7.19. The average molecular weight is 467 g/mol. The van der Waals surface area contributed by atoms with E-state index in [0.29, 0.717) is 28.1 Å². The zero-order valence-electron chi connectivity index (χ0n) is 19.4. The molecule has 2 N–H and O–H groups in total. The molecular formula is C24H26N4O4S. The normalized spacial score (nSPS) is 13.0. The van der Waals surface area contributed by atoms with Gasteiger partial charge in [-0.2, -0.15) is 5.10 Å². The van der Waals surface area contributed by atoms with Gasteiger partial charge in [0.25, 0.3) is 15.9 Å². The number of carbonyl (C=O) groups excluding carboxylic acids is 1. The minimum atomic E-state index is -4.00. The van der Waals surface area contributed by atoms with Crippen molar-refractivity contribution in [3.63, 3.8) is 0 Å². The summed E-state index contributed by atoms with van der Waals surface area (Å²) in [6, 6.07) is 9.95. The van der Waals surface area contributed by atoms with Gasteiger partial charge in [-0.15, -0.1) is 0 Å². The summed E-state index contributed by atoms with van der Waals surface area (Å²) in [4.78, 5) is 12.6. The van der Waals surface area contributed by atoms with Gasteiger partial charge in [0, 0.05) is 40.7 Å². The predicted octanol–water partition coefficient (Wildman–Crippen LogP) is 4.26. The molecule has 0 fully saturated rings. The maximum Gasteiger partial charge on any atom is 0.265 e. The first-order valence-corrected chi connectivity index (χ1v) is 11.9. The number of hydrogen-bond acceptors (Lipinski definition) is 5. The third-order valence-electron chi connectivity index (χ3n) is 5.78. The van der Waals surface area contributed by atoms with Crippen LogP contribution in [0.25, 0.3) is 16.7 Å². The van der Waals surface area contributed by atoms with Gasteiger partial charge in [0.15, 0.2) is 0 Å². The first-order valence-electron chi connectivity index (χ1n) is 10.4. The Morgan fingerprint density at radius 1 is 1.12 bits per heavy atom. The molecule has 1 amide bonds. The molecule has 0 spiro atoms. The molecule has 8 nitrogen and oxygen atoms in total. The Balaban J connectivity index is 1.97. The van der Waals surface area contributed by atoms with E-state index in [4.69, 9.17) is 4.74 Å². The summed E-state index contributed by atoms with van der Waals surface area (Å²) < 4.78 is 36.6. The van der Waals surface area contributed by atoms with Crippen LogP contribution in [0, 0.1) is 13.8 Å². The van der Waals surface area contributed by atoms with E-state index in [2.05, 4.69) is 15.1 Å². The van der Waals surface area contributed by atoms with E-state index in [1.807, 2.05) is 34.7 Å². The number of fused-ring (bicyclic) bond motifs is 1. The van der Waals surface area contributed by atoms with Gasteiger partial charge in [-0.1, -0.05) is 17.7 Å². The molecule has 2 heterocycles. The van der Waals surface area contributed by atoms with E-state index in [1.165, 1.54) is 13.2 Å². The van der Waals surface area contributed by atoms with Crippen LogP contribution in [0.5, 0.6) is 5.75 Å². The fourth-order valence-corrected chi connectivity index (χ4v) is 5.45. The summed E-state index contributed by atoms with van der Waals surface area (Å²) >= 11 is 0. The van der Waals surface area contributed by atoms with Crippen molar-refractivity contribution in [1.29, 1.82) is 0 Å². The largest absolute Gasteiger partial charge is 0.495 e. The van der Waals surface area contributed by atoms with Crippen LogP contribution in [0.1, 0.15) is 30.8 Å². The number of carbonyl (C=O) groups is 1. The number of para-hydroxylation sites is 1. The van der Waals surface area contributed by atoms with Crippen LogP contribution in [0.2, 0.25) is 0 Å². The molecule has 0 bridgehead atoms. The van der Waals surface area contributed by atoms with Crippen molar-refractivity contribution in [2.45, 2.75) is 32.6 Å². The molecule has 1 aliphatic heterocycles. The van der Waals surface area contributed by atoms with Crippen LogP contribution < -0.4 is 14.8 Å². The third kappa shape index (κ3) is 3.78.